The third kappa shape index (κ3) is 3.60. The zero-order valence-corrected chi connectivity index (χ0v) is 12.6. The fraction of sp³-hybridized carbons (Fsp3) is 0.0625. The Balaban J connectivity index is 2.07. The predicted octanol–water partition coefficient (Wildman–Crippen LogP) is 3.44. The van der Waals surface area contributed by atoms with Crippen LogP contribution in [-0.4, -0.2) is 28.7 Å². The van der Waals surface area contributed by atoms with Gasteiger partial charge in [-0.15, -0.1) is 13.2 Å². The van der Waals surface area contributed by atoms with Crippen LogP contribution in [0.3, 0.4) is 0 Å². The largest absolute Gasteiger partial charge is 0.573 e. The Kier molecular flexibility index (Phi) is 4.14. The highest BCUT2D eigenvalue weighted by atomic mass is 19.4. The summed E-state index contributed by atoms with van der Waals surface area (Å²) < 4.78 is 41.1. The standard InChI is InChI=1S/C16H12F3N5O/c17-16(18,19)25-11-3-1-2-9(6-11)14-12-7-10(15(21)22-8-20)4-5-13(12)23-24-14/h1-8H,(H,23,24)(H3,20,21,22). The maximum Gasteiger partial charge on any atom is 0.573 e. The van der Waals surface area contributed by atoms with Gasteiger partial charge in [0.25, 0.3) is 0 Å². The summed E-state index contributed by atoms with van der Waals surface area (Å²) in [6.07, 6.45) is -3.94. The molecule has 3 rings (SSSR count). The number of H-pyrrole nitrogens is 1. The Morgan fingerprint density at radius 3 is 2.76 bits per heavy atom. The van der Waals surface area contributed by atoms with Crippen LogP contribution in [0.4, 0.5) is 13.2 Å². The number of nitrogens with two attached hydrogens (primary N) is 1. The molecule has 9 heteroatoms. The zero-order chi connectivity index (χ0) is 18.0. The second kappa shape index (κ2) is 6.27. The highest BCUT2D eigenvalue weighted by Crippen LogP contribution is 2.31. The summed E-state index contributed by atoms with van der Waals surface area (Å²) in [7, 11) is 0. The molecular weight excluding hydrogens is 335 g/mol. The molecule has 0 aliphatic carbocycles. The SMILES string of the molecule is N=CN=C(N)c1ccc2[nH]nc(-c3cccc(OC(F)(F)F)c3)c2c1. The van der Waals surface area contributed by atoms with Crippen LogP contribution in [0.15, 0.2) is 47.5 Å². The third-order valence-electron chi connectivity index (χ3n) is 3.40. The van der Waals surface area contributed by atoms with Gasteiger partial charge in [-0.05, 0) is 30.3 Å². The number of nitrogens with one attached hydrogen (secondary N) is 2. The van der Waals surface area contributed by atoms with Crippen LogP contribution in [0.2, 0.25) is 0 Å². The molecule has 128 valence electrons. The molecule has 0 atom stereocenters. The molecule has 4 N–H and O–H groups in total. The van der Waals surface area contributed by atoms with Gasteiger partial charge in [0.1, 0.15) is 23.6 Å². The van der Waals surface area contributed by atoms with Gasteiger partial charge in [-0.2, -0.15) is 5.10 Å². The number of hydrogen-bond acceptors (Lipinski definition) is 3. The van der Waals surface area contributed by atoms with Gasteiger partial charge in [-0.3, -0.25) is 10.5 Å². The molecule has 0 radical (unpaired) electrons. The van der Waals surface area contributed by atoms with Crippen molar-refractivity contribution in [2.45, 2.75) is 6.36 Å². The first-order valence-electron chi connectivity index (χ1n) is 7.04. The molecule has 1 heterocycles. The second-order valence-corrected chi connectivity index (χ2v) is 5.05. The van der Waals surface area contributed by atoms with E-state index >= 15 is 0 Å². The molecule has 0 unspecified atom stereocenters. The number of fused-ring (bicyclic) bond motifs is 1. The molecule has 0 amide bonds. The minimum Gasteiger partial charge on any atom is -0.406 e. The summed E-state index contributed by atoms with van der Waals surface area (Å²) in [5, 5.41) is 14.6. The number of aromatic amines is 1. The summed E-state index contributed by atoms with van der Waals surface area (Å²) in [5.41, 5.74) is 7.93. The molecule has 0 spiro atoms. The van der Waals surface area contributed by atoms with Gasteiger partial charge in [-0.25, -0.2) is 4.99 Å². The minimum absolute atomic E-state index is 0.151. The van der Waals surface area contributed by atoms with Crippen molar-refractivity contribution in [3.63, 3.8) is 0 Å². The smallest absolute Gasteiger partial charge is 0.406 e. The van der Waals surface area contributed by atoms with Crippen LogP contribution >= 0.6 is 0 Å². The van der Waals surface area contributed by atoms with E-state index in [1.165, 1.54) is 18.2 Å². The number of aliphatic imine (C=N–C) groups is 1. The number of nitrogens with zero attached hydrogens (tertiary/aromatic N) is 2. The van der Waals surface area contributed by atoms with Gasteiger partial charge in [0.2, 0.25) is 0 Å². The second-order valence-electron chi connectivity index (χ2n) is 5.05. The maximum absolute atomic E-state index is 12.4. The van der Waals surface area contributed by atoms with Crippen molar-refractivity contribution < 1.29 is 17.9 Å². The van der Waals surface area contributed by atoms with Crippen LogP contribution in [0, 0.1) is 5.41 Å². The zero-order valence-electron chi connectivity index (χ0n) is 12.6. The Hall–Kier alpha value is -3.36. The molecule has 6 nitrogen and oxygen atoms in total. The average Bonchev–Trinajstić information content (AvgIpc) is 2.96. The van der Waals surface area contributed by atoms with E-state index < -0.39 is 6.36 Å². The quantitative estimate of drug-likeness (QED) is 0.498. The van der Waals surface area contributed by atoms with E-state index in [1.807, 2.05) is 0 Å². The molecule has 0 aliphatic heterocycles. The highest BCUT2D eigenvalue weighted by Gasteiger charge is 2.31. The number of amidine groups is 1. The number of alkyl halides is 3. The normalized spacial score (nSPS) is 12.4. The van der Waals surface area contributed by atoms with Crippen LogP contribution in [0.5, 0.6) is 5.75 Å². The van der Waals surface area contributed by atoms with Crippen molar-refractivity contribution >= 4 is 23.1 Å². The molecule has 3 aromatic rings. The van der Waals surface area contributed by atoms with Crippen LogP contribution < -0.4 is 10.5 Å². The number of benzene rings is 2. The number of hydrogen-bond donors (Lipinski definition) is 3. The Morgan fingerprint density at radius 2 is 2.04 bits per heavy atom. The summed E-state index contributed by atoms with van der Waals surface area (Å²) >= 11 is 0. The van der Waals surface area contributed by atoms with Crippen LogP contribution in [-0.2, 0) is 0 Å². The maximum atomic E-state index is 12.4. The third-order valence-corrected chi connectivity index (χ3v) is 3.40. The number of ether oxygens (including phenoxy) is 1. The molecule has 0 aliphatic rings. The fourth-order valence-corrected chi connectivity index (χ4v) is 2.38. The first kappa shape index (κ1) is 16.5. The molecular formula is C16H12F3N5O. The number of rotatable bonds is 4. The predicted molar refractivity (Wildman–Crippen MR) is 87.7 cm³/mol. The molecule has 1 aromatic heterocycles. The molecule has 0 fully saturated rings. The van der Waals surface area contributed by atoms with E-state index in [1.54, 1.807) is 24.3 Å². The summed E-state index contributed by atoms with van der Waals surface area (Å²) in [6, 6.07) is 10.7. The number of aromatic nitrogens is 2. The van der Waals surface area contributed by atoms with Crippen molar-refractivity contribution in [2.24, 2.45) is 10.7 Å². The van der Waals surface area contributed by atoms with Crippen molar-refractivity contribution in [3.8, 4) is 17.0 Å². The Morgan fingerprint density at radius 1 is 1.24 bits per heavy atom. The summed E-state index contributed by atoms with van der Waals surface area (Å²) in [4.78, 5) is 3.70. The minimum atomic E-state index is -4.77. The van der Waals surface area contributed by atoms with Gasteiger partial charge >= 0.3 is 6.36 Å². The van der Waals surface area contributed by atoms with Crippen molar-refractivity contribution in [2.75, 3.05) is 0 Å². The lowest BCUT2D eigenvalue weighted by Crippen LogP contribution is -2.17. The van der Waals surface area contributed by atoms with Gasteiger partial charge in [0.15, 0.2) is 0 Å². The van der Waals surface area contributed by atoms with Crippen molar-refractivity contribution in [3.05, 3.63) is 48.0 Å². The van der Waals surface area contributed by atoms with E-state index in [0.717, 1.165) is 6.34 Å². The summed E-state index contributed by atoms with van der Waals surface area (Å²) in [6.45, 7) is 0. The Bertz CT molecular complexity index is 962. The lowest BCUT2D eigenvalue weighted by Gasteiger charge is -2.09. The van der Waals surface area contributed by atoms with Crippen molar-refractivity contribution in [1.29, 1.82) is 5.41 Å². The molecule has 0 saturated carbocycles. The van der Waals surface area contributed by atoms with Gasteiger partial charge < -0.3 is 10.5 Å². The van der Waals surface area contributed by atoms with Crippen molar-refractivity contribution in [1.82, 2.24) is 10.2 Å². The topological polar surface area (TPSA) is 100 Å². The monoisotopic (exact) mass is 347 g/mol. The van der Waals surface area contributed by atoms with Crippen LogP contribution in [0.25, 0.3) is 22.2 Å². The van der Waals surface area contributed by atoms with E-state index in [2.05, 4.69) is 19.9 Å². The first-order chi connectivity index (χ1) is 11.9. The molecule has 0 bridgehead atoms. The van der Waals surface area contributed by atoms with Gasteiger partial charge in [0, 0.05) is 16.5 Å². The van der Waals surface area contributed by atoms with E-state index in [9.17, 15) is 13.2 Å². The van der Waals surface area contributed by atoms with Crippen LogP contribution in [0.1, 0.15) is 5.56 Å². The fourth-order valence-electron chi connectivity index (χ4n) is 2.38. The lowest BCUT2D eigenvalue weighted by molar-refractivity contribution is -0.274. The number of halogens is 3. The average molecular weight is 347 g/mol. The van der Waals surface area contributed by atoms with E-state index in [0.29, 0.717) is 27.7 Å². The van der Waals surface area contributed by atoms with E-state index in [4.69, 9.17) is 11.1 Å². The van der Waals surface area contributed by atoms with Gasteiger partial charge in [0.05, 0.1) is 5.52 Å². The molecule has 0 saturated heterocycles. The van der Waals surface area contributed by atoms with Gasteiger partial charge in [-0.1, -0.05) is 12.1 Å². The summed E-state index contributed by atoms with van der Waals surface area (Å²) in [5.74, 6) is -0.180. The molecule has 2 aromatic carbocycles. The highest BCUT2D eigenvalue weighted by molar-refractivity contribution is 6.05. The molecule has 25 heavy (non-hydrogen) atoms. The van der Waals surface area contributed by atoms with E-state index in [-0.39, 0.29) is 11.6 Å². The Labute approximate surface area is 139 Å². The first-order valence-corrected chi connectivity index (χ1v) is 7.04. The lowest BCUT2D eigenvalue weighted by atomic mass is 10.0.